The highest BCUT2D eigenvalue weighted by molar-refractivity contribution is 6.13. The predicted molar refractivity (Wildman–Crippen MR) is 102 cm³/mol. The van der Waals surface area contributed by atoms with Crippen LogP contribution in [0.2, 0.25) is 0 Å². The summed E-state index contributed by atoms with van der Waals surface area (Å²) in [7, 11) is 0. The van der Waals surface area contributed by atoms with Gasteiger partial charge in [0, 0.05) is 0 Å². The van der Waals surface area contributed by atoms with Crippen molar-refractivity contribution >= 4 is 21.5 Å². The molecule has 1 N–H and O–H groups in total. The Hall–Kier alpha value is -2.64. The lowest BCUT2D eigenvalue weighted by molar-refractivity contribution is 0.0792. The van der Waals surface area contributed by atoms with Crippen molar-refractivity contribution in [1.29, 1.82) is 0 Å². The van der Waals surface area contributed by atoms with E-state index < -0.39 is 5.60 Å². The monoisotopic (exact) mass is 312 g/mol. The maximum atomic E-state index is 10.7. The summed E-state index contributed by atoms with van der Waals surface area (Å²) < 4.78 is 0. The van der Waals surface area contributed by atoms with Crippen LogP contribution in [0.4, 0.5) is 0 Å². The SMILES string of the molecule is CC(C)(O)c1ccccc1-c1c2ccccc2cc2ccccc12. The predicted octanol–water partition coefficient (Wildman–Crippen LogP) is 5.89. The smallest absolute Gasteiger partial charge is 0.0846 e. The highest BCUT2D eigenvalue weighted by Gasteiger charge is 2.22. The lowest BCUT2D eigenvalue weighted by atomic mass is 9.85. The molecule has 0 saturated carbocycles. The molecule has 0 heterocycles. The van der Waals surface area contributed by atoms with Crippen LogP contribution < -0.4 is 0 Å². The number of rotatable bonds is 2. The van der Waals surface area contributed by atoms with E-state index in [1.54, 1.807) is 0 Å². The van der Waals surface area contributed by atoms with Crippen molar-refractivity contribution in [3.63, 3.8) is 0 Å². The molecule has 0 spiro atoms. The van der Waals surface area contributed by atoms with Gasteiger partial charge in [-0.3, -0.25) is 0 Å². The van der Waals surface area contributed by atoms with Crippen LogP contribution >= 0.6 is 0 Å². The van der Waals surface area contributed by atoms with Gasteiger partial charge in [-0.1, -0.05) is 72.8 Å². The van der Waals surface area contributed by atoms with E-state index in [0.29, 0.717) is 0 Å². The minimum absolute atomic E-state index is 0.894. The first-order valence-electron chi connectivity index (χ1n) is 8.28. The second kappa shape index (κ2) is 5.47. The minimum Gasteiger partial charge on any atom is -0.386 e. The molecular formula is C23H20O. The third-order valence-electron chi connectivity index (χ3n) is 4.63. The Kier molecular flexibility index (Phi) is 3.40. The molecule has 0 aliphatic rings. The van der Waals surface area contributed by atoms with E-state index in [0.717, 1.165) is 11.1 Å². The van der Waals surface area contributed by atoms with Crippen molar-refractivity contribution in [2.45, 2.75) is 19.4 Å². The topological polar surface area (TPSA) is 20.2 Å². The fourth-order valence-electron chi connectivity index (χ4n) is 3.54. The third-order valence-corrected chi connectivity index (χ3v) is 4.63. The van der Waals surface area contributed by atoms with Gasteiger partial charge in [-0.15, -0.1) is 0 Å². The van der Waals surface area contributed by atoms with Crippen LogP contribution in [0.5, 0.6) is 0 Å². The maximum absolute atomic E-state index is 10.7. The van der Waals surface area contributed by atoms with E-state index in [4.69, 9.17) is 0 Å². The number of fused-ring (bicyclic) bond motifs is 2. The van der Waals surface area contributed by atoms with Gasteiger partial charge in [0.1, 0.15) is 0 Å². The minimum atomic E-state index is -0.894. The van der Waals surface area contributed by atoms with Crippen molar-refractivity contribution in [3.8, 4) is 11.1 Å². The van der Waals surface area contributed by atoms with E-state index in [-0.39, 0.29) is 0 Å². The van der Waals surface area contributed by atoms with Crippen LogP contribution in [0.3, 0.4) is 0 Å². The van der Waals surface area contributed by atoms with Gasteiger partial charge in [0.2, 0.25) is 0 Å². The summed E-state index contributed by atoms with van der Waals surface area (Å²) in [4.78, 5) is 0. The summed E-state index contributed by atoms with van der Waals surface area (Å²) in [6, 6.07) is 27.3. The molecule has 118 valence electrons. The van der Waals surface area contributed by atoms with Crippen LogP contribution in [0, 0.1) is 0 Å². The zero-order chi connectivity index (χ0) is 16.7. The summed E-state index contributed by atoms with van der Waals surface area (Å²) in [6.45, 7) is 3.69. The summed E-state index contributed by atoms with van der Waals surface area (Å²) in [5.74, 6) is 0. The van der Waals surface area contributed by atoms with E-state index >= 15 is 0 Å². The van der Waals surface area contributed by atoms with Gasteiger partial charge in [-0.05, 0) is 58.1 Å². The molecule has 0 aromatic heterocycles. The van der Waals surface area contributed by atoms with Crippen LogP contribution in [-0.4, -0.2) is 5.11 Å². The molecule has 0 bridgehead atoms. The number of hydrogen-bond acceptors (Lipinski definition) is 1. The fraction of sp³-hybridized carbons (Fsp3) is 0.130. The molecule has 0 aliphatic heterocycles. The molecule has 0 atom stereocenters. The first-order valence-corrected chi connectivity index (χ1v) is 8.28. The van der Waals surface area contributed by atoms with Crippen LogP contribution in [-0.2, 0) is 5.60 Å². The molecule has 1 nitrogen and oxygen atoms in total. The zero-order valence-electron chi connectivity index (χ0n) is 14.0. The summed E-state index contributed by atoms with van der Waals surface area (Å²) in [5.41, 5.74) is 2.35. The largest absolute Gasteiger partial charge is 0.386 e. The summed E-state index contributed by atoms with van der Waals surface area (Å²) in [6.07, 6.45) is 0. The van der Waals surface area contributed by atoms with Gasteiger partial charge in [-0.25, -0.2) is 0 Å². The van der Waals surface area contributed by atoms with Crippen LogP contribution in [0.1, 0.15) is 19.4 Å². The molecule has 4 aromatic rings. The highest BCUT2D eigenvalue weighted by Crippen LogP contribution is 2.40. The third kappa shape index (κ3) is 2.38. The van der Waals surface area contributed by atoms with Gasteiger partial charge in [-0.2, -0.15) is 0 Å². The lowest BCUT2D eigenvalue weighted by Crippen LogP contribution is -2.16. The Morgan fingerprint density at radius 1 is 0.667 bits per heavy atom. The summed E-state index contributed by atoms with van der Waals surface area (Å²) in [5, 5.41) is 15.5. The van der Waals surface area contributed by atoms with E-state index in [1.165, 1.54) is 27.1 Å². The molecule has 0 aliphatic carbocycles. The average molecular weight is 312 g/mol. The molecule has 0 radical (unpaired) electrons. The van der Waals surface area contributed by atoms with Crippen molar-refractivity contribution in [3.05, 3.63) is 84.4 Å². The molecule has 4 aromatic carbocycles. The Morgan fingerprint density at radius 2 is 1.17 bits per heavy atom. The average Bonchev–Trinajstić information content (AvgIpc) is 2.59. The van der Waals surface area contributed by atoms with Gasteiger partial charge >= 0.3 is 0 Å². The van der Waals surface area contributed by atoms with E-state index in [2.05, 4.69) is 60.7 Å². The first kappa shape index (κ1) is 14.9. The van der Waals surface area contributed by atoms with Crippen molar-refractivity contribution in [2.75, 3.05) is 0 Å². The number of aliphatic hydroxyl groups is 1. The molecule has 0 amide bonds. The molecule has 1 heteroatoms. The molecule has 0 unspecified atom stereocenters. The van der Waals surface area contributed by atoms with Gasteiger partial charge in [0.05, 0.1) is 5.60 Å². The number of benzene rings is 4. The fourth-order valence-corrected chi connectivity index (χ4v) is 3.54. The Labute approximate surface area is 142 Å². The van der Waals surface area contributed by atoms with Crippen LogP contribution in [0.25, 0.3) is 32.7 Å². The molecule has 24 heavy (non-hydrogen) atoms. The normalized spacial score (nSPS) is 12.0. The van der Waals surface area contributed by atoms with Gasteiger partial charge in [0.15, 0.2) is 0 Å². The van der Waals surface area contributed by atoms with Gasteiger partial charge in [0.25, 0.3) is 0 Å². The number of hydrogen-bond donors (Lipinski definition) is 1. The Bertz CT molecular complexity index is 984. The van der Waals surface area contributed by atoms with Crippen LogP contribution in [0.15, 0.2) is 78.9 Å². The Balaban J connectivity index is 2.21. The highest BCUT2D eigenvalue weighted by atomic mass is 16.3. The Morgan fingerprint density at radius 3 is 1.75 bits per heavy atom. The quantitative estimate of drug-likeness (QED) is 0.458. The second-order valence-electron chi connectivity index (χ2n) is 6.80. The van der Waals surface area contributed by atoms with E-state index in [9.17, 15) is 5.11 Å². The maximum Gasteiger partial charge on any atom is 0.0846 e. The zero-order valence-corrected chi connectivity index (χ0v) is 14.0. The lowest BCUT2D eigenvalue weighted by Gasteiger charge is -2.23. The molecular weight excluding hydrogens is 292 g/mol. The molecule has 4 rings (SSSR count). The van der Waals surface area contributed by atoms with Crippen molar-refractivity contribution in [2.24, 2.45) is 0 Å². The molecule has 0 fully saturated rings. The van der Waals surface area contributed by atoms with Crippen molar-refractivity contribution in [1.82, 2.24) is 0 Å². The molecule has 0 saturated heterocycles. The van der Waals surface area contributed by atoms with Gasteiger partial charge < -0.3 is 5.11 Å². The summed E-state index contributed by atoms with van der Waals surface area (Å²) >= 11 is 0. The standard InChI is InChI=1S/C23H20O/c1-23(2,24)21-14-8-7-13-20(21)22-18-11-5-3-9-16(18)15-17-10-4-6-12-19(17)22/h3-15,24H,1-2H3. The first-order chi connectivity index (χ1) is 11.6. The second-order valence-corrected chi connectivity index (χ2v) is 6.80. The van der Waals surface area contributed by atoms with E-state index in [1.807, 2.05) is 32.0 Å². The van der Waals surface area contributed by atoms with Crippen molar-refractivity contribution < 1.29 is 5.11 Å².